The zero-order valence-electron chi connectivity index (χ0n) is 17.4. The Hall–Kier alpha value is -3.93. The van der Waals surface area contributed by atoms with Crippen molar-refractivity contribution in [3.8, 4) is 11.5 Å². The predicted molar refractivity (Wildman–Crippen MR) is 118 cm³/mol. The normalized spacial score (nSPS) is 14.6. The molecule has 0 atom stereocenters. The summed E-state index contributed by atoms with van der Waals surface area (Å²) >= 11 is 0. The number of ether oxygens (including phenoxy) is 3. The molecule has 1 aliphatic rings. The largest absolute Gasteiger partial charge is 0.493 e. The molecule has 3 aromatic rings. The molecule has 0 fully saturated rings. The van der Waals surface area contributed by atoms with Gasteiger partial charge in [0, 0.05) is 5.56 Å². The Labute approximate surface area is 179 Å². The molecule has 31 heavy (non-hydrogen) atoms. The molecule has 6 nitrogen and oxygen atoms in total. The lowest BCUT2D eigenvalue weighted by molar-refractivity contribution is -0.137. The van der Waals surface area contributed by atoms with Crippen molar-refractivity contribution >= 4 is 34.7 Å². The summed E-state index contributed by atoms with van der Waals surface area (Å²) in [6.45, 7) is 3.50. The number of rotatable bonds is 5. The second-order valence-electron chi connectivity index (χ2n) is 7.35. The van der Waals surface area contributed by atoms with E-state index in [9.17, 15) is 9.59 Å². The molecule has 0 bridgehead atoms. The van der Waals surface area contributed by atoms with Gasteiger partial charge in [-0.3, -0.25) is 4.79 Å². The van der Waals surface area contributed by atoms with Crippen molar-refractivity contribution in [2.24, 2.45) is 10.9 Å². The predicted octanol–water partition coefficient (Wildman–Crippen LogP) is 4.75. The van der Waals surface area contributed by atoms with Gasteiger partial charge in [-0.25, -0.2) is 9.79 Å². The highest BCUT2D eigenvalue weighted by atomic mass is 16.6. The third-order valence-electron chi connectivity index (χ3n) is 4.81. The summed E-state index contributed by atoms with van der Waals surface area (Å²) in [6, 6.07) is 18.6. The highest BCUT2D eigenvalue weighted by molar-refractivity contribution is 6.17. The molecule has 0 unspecified atom stereocenters. The van der Waals surface area contributed by atoms with Crippen LogP contribution < -0.4 is 9.47 Å². The van der Waals surface area contributed by atoms with Gasteiger partial charge in [0.1, 0.15) is 0 Å². The molecule has 6 heteroatoms. The fraction of sp³-hybridized carbons (Fsp3) is 0.160. The average molecular weight is 415 g/mol. The zero-order valence-corrected chi connectivity index (χ0v) is 17.4. The molecule has 0 radical (unpaired) electrons. The minimum absolute atomic E-state index is 0.161. The monoisotopic (exact) mass is 415 g/mol. The second kappa shape index (κ2) is 8.44. The number of nitrogens with zero attached hydrogens (tertiary/aromatic N) is 1. The van der Waals surface area contributed by atoms with E-state index in [1.54, 1.807) is 38.1 Å². The molecule has 3 aromatic carbocycles. The molecule has 0 saturated carbocycles. The molecule has 156 valence electrons. The van der Waals surface area contributed by atoms with E-state index in [4.69, 9.17) is 14.2 Å². The van der Waals surface area contributed by atoms with Gasteiger partial charge in [-0.15, -0.1) is 0 Å². The van der Waals surface area contributed by atoms with Crippen LogP contribution in [0.1, 0.15) is 25.0 Å². The maximum atomic E-state index is 12.5. The summed E-state index contributed by atoms with van der Waals surface area (Å²) in [5, 5.41) is 1.98. The van der Waals surface area contributed by atoms with Gasteiger partial charge < -0.3 is 14.2 Å². The van der Waals surface area contributed by atoms with Crippen LogP contribution in [0.15, 0.2) is 71.4 Å². The Kier molecular flexibility index (Phi) is 5.54. The van der Waals surface area contributed by atoms with Crippen LogP contribution in [-0.2, 0) is 14.3 Å². The highest BCUT2D eigenvalue weighted by Crippen LogP contribution is 2.31. The molecule has 4 rings (SSSR count). The Morgan fingerprint density at radius 3 is 2.58 bits per heavy atom. The Balaban J connectivity index is 1.69. The van der Waals surface area contributed by atoms with E-state index in [2.05, 4.69) is 4.99 Å². The summed E-state index contributed by atoms with van der Waals surface area (Å²) in [5.74, 6) is -0.248. The summed E-state index contributed by atoms with van der Waals surface area (Å²) in [4.78, 5) is 28.9. The summed E-state index contributed by atoms with van der Waals surface area (Å²) in [7, 11) is 1.50. The maximum absolute atomic E-state index is 12.5. The van der Waals surface area contributed by atoms with Crippen LogP contribution in [0.2, 0.25) is 0 Å². The number of carbonyl (C=O) groups is 2. The number of methoxy groups -OCH3 is 1. The summed E-state index contributed by atoms with van der Waals surface area (Å²) in [5.41, 5.74) is 1.53. The lowest BCUT2D eigenvalue weighted by Crippen LogP contribution is -2.15. The number of cyclic esters (lactones) is 1. The molecule has 0 amide bonds. The number of hydrogen-bond acceptors (Lipinski definition) is 6. The molecule has 0 saturated heterocycles. The second-order valence-corrected chi connectivity index (χ2v) is 7.35. The third kappa shape index (κ3) is 4.19. The van der Waals surface area contributed by atoms with Gasteiger partial charge in [0.2, 0.25) is 5.90 Å². The molecule has 1 heterocycles. The molecule has 0 aliphatic carbocycles. The first-order valence-corrected chi connectivity index (χ1v) is 9.86. The maximum Gasteiger partial charge on any atom is 0.363 e. The van der Waals surface area contributed by atoms with Gasteiger partial charge in [0.25, 0.3) is 0 Å². The van der Waals surface area contributed by atoms with Crippen molar-refractivity contribution in [3.05, 3.63) is 77.5 Å². The van der Waals surface area contributed by atoms with Crippen LogP contribution in [0, 0.1) is 5.92 Å². The number of fused-ring (bicyclic) bond motifs is 1. The van der Waals surface area contributed by atoms with E-state index >= 15 is 0 Å². The highest BCUT2D eigenvalue weighted by Gasteiger charge is 2.25. The average Bonchev–Trinajstić information content (AvgIpc) is 3.13. The fourth-order valence-electron chi connectivity index (χ4n) is 3.18. The summed E-state index contributed by atoms with van der Waals surface area (Å²) < 4.78 is 16.1. The summed E-state index contributed by atoms with van der Waals surface area (Å²) in [6.07, 6.45) is 1.59. The van der Waals surface area contributed by atoms with Gasteiger partial charge in [-0.05, 0) is 40.6 Å². The van der Waals surface area contributed by atoms with Gasteiger partial charge >= 0.3 is 11.9 Å². The van der Waals surface area contributed by atoms with E-state index < -0.39 is 5.97 Å². The van der Waals surface area contributed by atoms with Crippen molar-refractivity contribution in [2.75, 3.05) is 7.11 Å². The number of benzene rings is 3. The molecular formula is C25H21NO5. The number of esters is 2. The first kappa shape index (κ1) is 20.3. The van der Waals surface area contributed by atoms with Crippen molar-refractivity contribution in [2.45, 2.75) is 13.8 Å². The first-order valence-electron chi connectivity index (χ1n) is 9.86. The van der Waals surface area contributed by atoms with Crippen molar-refractivity contribution in [1.29, 1.82) is 0 Å². The minimum atomic E-state index is -0.542. The minimum Gasteiger partial charge on any atom is -0.493 e. The van der Waals surface area contributed by atoms with Gasteiger partial charge in [0.15, 0.2) is 17.2 Å². The standard InChI is InChI=1S/C25H21NO5/c1-15(2)24(27)30-22-14-16(11-12-21(22)29-3)13-20-25(28)31-23(26-20)19-10-6-8-17-7-4-5-9-18(17)19/h4-15H,1-3H3/b20-13+. The van der Waals surface area contributed by atoms with E-state index in [1.807, 2.05) is 42.5 Å². The van der Waals surface area contributed by atoms with E-state index in [-0.39, 0.29) is 29.2 Å². The molecular weight excluding hydrogens is 394 g/mol. The Bertz CT molecular complexity index is 1230. The van der Waals surface area contributed by atoms with Crippen molar-refractivity contribution in [1.82, 2.24) is 0 Å². The molecule has 0 aromatic heterocycles. The Morgan fingerprint density at radius 1 is 1.03 bits per heavy atom. The van der Waals surface area contributed by atoms with E-state index in [1.165, 1.54) is 7.11 Å². The van der Waals surface area contributed by atoms with Crippen LogP contribution in [0.5, 0.6) is 11.5 Å². The van der Waals surface area contributed by atoms with Crippen LogP contribution in [0.4, 0.5) is 0 Å². The molecule has 0 spiro atoms. The fourth-order valence-corrected chi connectivity index (χ4v) is 3.18. The first-order chi connectivity index (χ1) is 15.0. The third-order valence-corrected chi connectivity index (χ3v) is 4.81. The van der Waals surface area contributed by atoms with E-state index in [0.29, 0.717) is 11.3 Å². The topological polar surface area (TPSA) is 74.2 Å². The number of aliphatic imine (C=N–C) groups is 1. The van der Waals surface area contributed by atoms with Crippen molar-refractivity contribution in [3.63, 3.8) is 0 Å². The van der Waals surface area contributed by atoms with E-state index in [0.717, 1.165) is 16.3 Å². The number of carbonyl (C=O) groups excluding carboxylic acids is 2. The van der Waals surface area contributed by atoms with Crippen LogP contribution >= 0.6 is 0 Å². The Morgan fingerprint density at radius 2 is 1.81 bits per heavy atom. The van der Waals surface area contributed by atoms with Crippen molar-refractivity contribution < 1.29 is 23.8 Å². The molecule has 1 aliphatic heterocycles. The van der Waals surface area contributed by atoms with Gasteiger partial charge in [-0.1, -0.05) is 56.3 Å². The quantitative estimate of drug-likeness (QED) is 0.341. The SMILES string of the molecule is COc1ccc(/C=C2/N=C(c3cccc4ccccc34)OC2=O)cc1OC(=O)C(C)C. The lowest BCUT2D eigenvalue weighted by Gasteiger charge is -2.11. The van der Waals surface area contributed by atoms with Crippen LogP contribution in [0.3, 0.4) is 0 Å². The lowest BCUT2D eigenvalue weighted by atomic mass is 10.0. The van der Waals surface area contributed by atoms with Crippen LogP contribution in [0.25, 0.3) is 16.8 Å². The number of hydrogen-bond donors (Lipinski definition) is 0. The van der Waals surface area contributed by atoms with Gasteiger partial charge in [0.05, 0.1) is 13.0 Å². The molecule has 0 N–H and O–H groups in total. The van der Waals surface area contributed by atoms with Gasteiger partial charge in [-0.2, -0.15) is 0 Å². The smallest absolute Gasteiger partial charge is 0.363 e. The zero-order chi connectivity index (χ0) is 22.0. The van der Waals surface area contributed by atoms with Crippen LogP contribution in [-0.4, -0.2) is 24.9 Å².